The third-order valence-electron chi connectivity index (χ3n) is 4.37. The lowest BCUT2D eigenvalue weighted by atomic mass is 9.88. The Morgan fingerprint density at radius 1 is 1.37 bits per heavy atom. The average molecular weight is 413 g/mol. The number of hydrogen-bond donors (Lipinski definition) is 1. The highest BCUT2D eigenvalue weighted by Crippen LogP contribution is 2.37. The van der Waals surface area contributed by atoms with Crippen molar-refractivity contribution in [1.82, 2.24) is 4.98 Å². The fourth-order valence-electron chi connectivity index (χ4n) is 2.98. The molecule has 1 atom stereocenters. The molecular formula is C18H18F3N3OS2. The van der Waals surface area contributed by atoms with Gasteiger partial charge in [0.25, 0.3) is 0 Å². The van der Waals surface area contributed by atoms with E-state index in [9.17, 15) is 18.0 Å². The molecule has 0 saturated carbocycles. The third kappa shape index (κ3) is 4.35. The molecule has 1 aromatic heterocycles. The summed E-state index contributed by atoms with van der Waals surface area (Å²) in [6.45, 7) is 3.43. The number of benzene rings is 1. The minimum atomic E-state index is -4.64. The minimum Gasteiger partial charge on any atom is -0.379 e. The molecule has 4 nitrogen and oxygen atoms in total. The average Bonchev–Trinajstić information content (AvgIpc) is 2.97. The van der Waals surface area contributed by atoms with Crippen LogP contribution in [0, 0.1) is 6.92 Å². The fraction of sp³-hybridized carbons (Fsp3) is 0.389. The van der Waals surface area contributed by atoms with Crippen LogP contribution in [0.25, 0.3) is 0 Å². The molecule has 144 valence electrons. The van der Waals surface area contributed by atoms with E-state index in [2.05, 4.69) is 9.98 Å². The summed E-state index contributed by atoms with van der Waals surface area (Å²) in [6.07, 6.45) is -3.97. The first-order chi connectivity index (χ1) is 12.6. The second-order valence-electron chi connectivity index (χ2n) is 6.53. The van der Waals surface area contributed by atoms with Crippen LogP contribution in [0.4, 0.5) is 13.2 Å². The van der Waals surface area contributed by atoms with Gasteiger partial charge >= 0.3 is 6.18 Å². The molecule has 1 aliphatic rings. The van der Waals surface area contributed by atoms with Crippen molar-refractivity contribution in [3.05, 3.63) is 51.0 Å². The Balaban J connectivity index is 1.88. The molecule has 0 fully saturated rings. The number of aliphatic imine (C=N–C) groups is 1. The number of rotatable bonds is 4. The fourth-order valence-corrected chi connectivity index (χ4v) is 4.84. The zero-order valence-corrected chi connectivity index (χ0v) is 16.4. The van der Waals surface area contributed by atoms with E-state index in [1.54, 1.807) is 12.1 Å². The van der Waals surface area contributed by atoms with Crippen molar-refractivity contribution in [2.45, 2.75) is 38.4 Å². The van der Waals surface area contributed by atoms with E-state index in [4.69, 9.17) is 5.73 Å². The molecule has 0 saturated heterocycles. The van der Waals surface area contributed by atoms with Gasteiger partial charge in [0.05, 0.1) is 10.5 Å². The molecule has 0 amide bonds. The second-order valence-corrected chi connectivity index (χ2v) is 8.85. The first kappa shape index (κ1) is 19.9. The number of carbonyl (C=O) groups is 1. The highest BCUT2D eigenvalue weighted by atomic mass is 32.2. The SMILES string of the molecule is Cc1nc(C(F)(F)F)c(C(=O)Cc2cccc([C@]3(C)CCSC(N)=N3)c2)s1. The maximum atomic E-state index is 13.1. The minimum absolute atomic E-state index is 0.122. The smallest absolute Gasteiger partial charge is 0.379 e. The number of Topliss-reactive ketones (excluding diaryl/α,β-unsaturated/α-hetero) is 1. The Morgan fingerprint density at radius 2 is 2.11 bits per heavy atom. The van der Waals surface area contributed by atoms with E-state index in [-0.39, 0.29) is 16.3 Å². The van der Waals surface area contributed by atoms with Gasteiger partial charge in [-0.25, -0.2) is 4.98 Å². The molecule has 3 rings (SSSR count). The van der Waals surface area contributed by atoms with Crippen LogP contribution in [0.5, 0.6) is 0 Å². The summed E-state index contributed by atoms with van der Waals surface area (Å²) >= 11 is 2.27. The first-order valence-corrected chi connectivity index (χ1v) is 10.0. The number of aromatic nitrogens is 1. The first-order valence-electron chi connectivity index (χ1n) is 8.24. The van der Waals surface area contributed by atoms with Crippen LogP contribution < -0.4 is 5.73 Å². The van der Waals surface area contributed by atoms with Gasteiger partial charge < -0.3 is 5.73 Å². The number of thioether (sulfide) groups is 1. The van der Waals surface area contributed by atoms with Crippen molar-refractivity contribution in [2.75, 3.05) is 5.75 Å². The number of hydrogen-bond acceptors (Lipinski definition) is 6. The maximum absolute atomic E-state index is 13.1. The number of amidine groups is 1. The Kier molecular flexibility index (Phi) is 5.36. The molecule has 0 aliphatic carbocycles. The Bertz CT molecular complexity index is 907. The molecule has 2 aromatic rings. The molecule has 27 heavy (non-hydrogen) atoms. The normalized spacial score (nSPS) is 20.4. The summed E-state index contributed by atoms with van der Waals surface area (Å²) in [5.41, 5.74) is 5.80. The molecule has 1 aromatic carbocycles. The summed E-state index contributed by atoms with van der Waals surface area (Å²) in [5, 5.41) is 0.733. The molecule has 1 aliphatic heterocycles. The largest absolute Gasteiger partial charge is 0.434 e. The van der Waals surface area contributed by atoms with Crippen LogP contribution in [0.3, 0.4) is 0 Å². The third-order valence-corrected chi connectivity index (χ3v) is 6.17. The molecule has 0 bridgehead atoms. The standard InChI is InChI=1S/C18H18F3N3OS2/c1-10-23-15(18(19,20)21)14(27-10)13(25)9-11-4-3-5-12(8-11)17(2)6-7-26-16(22)24-17/h3-5,8H,6-7,9H2,1-2H3,(H2,22,24)/t17-/m0/s1. The Hall–Kier alpha value is -1.87. The predicted molar refractivity (Wildman–Crippen MR) is 102 cm³/mol. The van der Waals surface area contributed by atoms with Crippen LogP contribution in [0.1, 0.15) is 44.8 Å². The number of halogens is 3. The van der Waals surface area contributed by atoms with E-state index in [0.29, 0.717) is 10.7 Å². The topological polar surface area (TPSA) is 68.3 Å². The van der Waals surface area contributed by atoms with Gasteiger partial charge in [-0.3, -0.25) is 9.79 Å². The van der Waals surface area contributed by atoms with Gasteiger partial charge in [-0.15, -0.1) is 11.3 Å². The lowest BCUT2D eigenvalue weighted by Crippen LogP contribution is -2.28. The van der Waals surface area contributed by atoms with E-state index in [0.717, 1.165) is 29.1 Å². The van der Waals surface area contributed by atoms with Crippen molar-refractivity contribution >= 4 is 34.0 Å². The van der Waals surface area contributed by atoms with Gasteiger partial charge in [0.1, 0.15) is 4.88 Å². The van der Waals surface area contributed by atoms with E-state index in [1.807, 2.05) is 19.1 Å². The summed E-state index contributed by atoms with van der Waals surface area (Å²) in [7, 11) is 0. The number of nitrogens with two attached hydrogens (primary N) is 1. The highest BCUT2D eigenvalue weighted by molar-refractivity contribution is 8.13. The Morgan fingerprint density at radius 3 is 2.78 bits per heavy atom. The molecule has 0 unspecified atom stereocenters. The van der Waals surface area contributed by atoms with Crippen molar-refractivity contribution < 1.29 is 18.0 Å². The van der Waals surface area contributed by atoms with Gasteiger partial charge in [0, 0.05) is 12.2 Å². The number of alkyl halides is 3. The molecule has 9 heteroatoms. The van der Waals surface area contributed by atoms with Gasteiger partial charge in [0.15, 0.2) is 16.6 Å². The summed E-state index contributed by atoms with van der Waals surface area (Å²) < 4.78 is 39.4. The highest BCUT2D eigenvalue weighted by Gasteiger charge is 2.39. The molecule has 2 N–H and O–H groups in total. The van der Waals surface area contributed by atoms with Crippen molar-refractivity contribution in [3.8, 4) is 0 Å². The molecule has 0 radical (unpaired) electrons. The van der Waals surface area contributed by atoms with Crippen LogP contribution in [-0.2, 0) is 18.1 Å². The van der Waals surface area contributed by atoms with Crippen LogP contribution in [-0.4, -0.2) is 21.7 Å². The Labute approximate surface area is 163 Å². The number of ketones is 1. The van der Waals surface area contributed by atoms with Gasteiger partial charge in [-0.05, 0) is 31.4 Å². The number of carbonyl (C=O) groups excluding carboxylic acids is 1. The van der Waals surface area contributed by atoms with Crippen molar-refractivity contribution in [1.29, 1.82) is 0 Å². The van der Waals surface area contributed by atoms with Crippen molar-refractivity contribution in [2.24, 2.45) is 10.7 Å². The number of thiazole rings is 1. The molecule has 2 heterocycles. The maximum Gasteiger partial charge on any atom is 0.434 e. The van der Waals surface area contributed by atoms with E-state index in [1.165, 1.54) is 18.7 Å². The zero-order valence-electron chi connectivity index (χ0n) is 14.8. The monoisotopic (exact) mass is 413 g/mol. The van der Waals surface area contributed by atoms with E-state index < -0.39 is 23.2 Å². The number of nitrogens with zero attached hydrogens (tertiary/aromatic N) is 2. The summed E-state index contributed by atoms with van der Waals surface area (Å²) in [6, 6.07) is 7.25. The molecular weight excluding hydrogens is 395 g/mol. The number of aryl methyl sites for hydroxylation is 1. The quantitative estimate of drug-likeness (QED) is 0.746. The van der Waals surface area contributed by atoms with Crippen molar-refractivity contribution in [3.63, 3.8) is 0 Å². The van der Waals surface area contributed by atoms with Gasteiger partial charge in [-0.1, -0.05) is 36.0 Å². The summed E-state index contributed by atoms with van der Waals surface area (Å²) in [4.78, 5) is 20.2. The summed E-state index contributed by atoms with van der Waals surface area (Å²) in [5.74, 6) is 0.252. The van der Waals surface area contributed by atoms with Crippen LogP contribution >= 0.6 is 23.1 Å². The predicted octanol–water partition coefficient (Wildman–Crippen LogP) is 4.56. The van der Waals surface area contributed by atoms with E-state index >= 15 is 0 Å². The van der Waals surface area contributed by atoms with Gasteiger partial charge in [-0.2, -0.15) is 13.2 Å². The van der Waals surface area contributed by atoms with Crippen LogP contribution in [0.2, 0.25) is 0 Å². The lowest BCUT2D eigenvalue weighted by Gasteiger charge is -2.30. The molecule has 0 spiro atoms. The zero-order chi connectivity index (χ0) is 19.8. The lowest BCUT2D eigenvalue weighted by molar-refractivity contribution is -0.141. The van der Waals surface area contributed by atoms with Gasteiger partial charge in [0.2, 0.25) is 0 Å². The van der Waals surface area contributed by atoms with Crippen LogP contribution in [0.15, 0.2) is 29.3 Å². The second kappa shape index (κ2) is 7.27.